The van der Waals surface area contributed by atoms with E-state index in [0.717, 1.165) is 5.92 Å². The molecule has 0 nitrogen and oxygen atoms in total. The first-order chi connectivity index (χ1) is 5.79. The maximum Gasteiger partial charge on any atom is 0.0194 e. The van der Waals surface area contributed by atoms with Crippen LogP contribution in [-0.2, 0) is 6.42 Å². The molecule has 0 aliphatic heterocycles. The molecule has 0 heterocycles. The van der Waals surface area contributed by atoms with Crippen LogP contribution in [0.25, 0.3) is 0 Å². The van der Waals surface area contributed by atoms with E-state index in [-0.39, 0.29) is 0 Å². The monoisotopic (exact) mass is 151 g/mol. The van der Waals surface area contributed by atoms with Gasteiger partial charge in [0.05, 0.1) is 0 Å². The molecule has 0 radical (unpaired) electrons. The summed E-state index contributed by atoms with van der Waals surface area (Å²) >= 11 is 0. The van der Waals surface area contributed by atoms with Gasteiger partial charge in [0.15, 0.2) is 0 Å². The van der Waals surface area contributed by atoms with Crippen molar-refractivity contribution in [2.24, 2.45) is 5.92 Å². The minimum atomic E-state index is 0.766. The zero-order valence-electron chi connectivity index (χ0n) is 8.67. The summed E-state index contributed by atoms with van der Waals surface area (Å²) in [4.78, 5) is 0. The maximum atomic E-state index is 5.75. The van der Waals surface area contributed by atoms with Crippen LogP contribution < -0.4 is 0 Å². The lowest BCUT2D eigenvalue weighted by atomic mass is 10.0. The molecule has 0 atom stereocenters. The molecule has 11 heavy (non-hydrogen) atoms. The van der Waals surface area contributed by atoms with E-state index in [1.54, 1.807) is 0 Å². The summed E-state index contributed by atoms with van der Waals surface area (Å²) in [5.41, 5.74) is 1.44. The molecule has 0 saturated heterocycles. The van der Waals surface area contributed by atoms with Crippen LogP contribution >= 0.6 is 0 Å². The zero-order valence-corrected chi connectivity index (χ0v) is 7.67. The molecule has 0 spiro atoms. The summed E-state index contributed by atoms with van der Waals surface area (Å²) in [6.45, 7) is 4.49. The molecular formula is C11H18. The van der Waals surface area contributed by atoms with Crippen molar-refractivity contribution in [3.05, 3.63) is 35.9 Å². The topological polar surface area (TPSA) is 0 Å². The summed E-state index contributed by atoms with van der Waals surface area (Å²) in [7, 11) is 1.25. The third-order valence-electron chi connectivity index (χ3n) is 1.49. The molecule has 1 aromatic rings. The maximum absolute atomic E-state index is 5.75. The molecule has 0 aromatic heterocycles. The Morgan fingerprint density at radius 3 is 2.27 bits per heavy atom. The fraction of sp³-hybridized carbons (Fsp3) is 0.455. The van der Waals surface area contributed by atoms with Crippen molar-refractivity contribution in [1.82, 2.24) is 0 Å². The molecule has 0 unspecified atom stereocenters. The molecule has 0 saturated carbocycles. The quantitative estimate of drug-likeness (QED) is 0.606. The van der Waals surface area contributed by atoms with Crippen LogP contribution in [-0.4, -0.2) is 0 Å². The first-order valence-electron chi connectivity index (χ1n) is 4.83. The predicted octanol–water partition coefficient (Wildman–Crippen LogP) is 3.52. The zero-order chi connectivity index (χ0) is 9.40. The fourth-order valence-electron chi connectivity index (χ4n) is 1.09. The number of rotatable bonds is 2. The lowest BCUT2D eigenvalue weighted by molar-refractivity contribution is 0.647. The summed E-state index contributed by atoms with van der Waals surface area (Å²) in [5.74, 6) is 0.766. The third-order valence-corrected chi connectivity index (χ3v) is 1.49. The van der Waals surface area contributed by atoms with Gasteiger partial charge in [-0.05, 0) is 17.9 Å². The van der Waals surface area contributed by atoms with Crippen LogP contribution in [0, 0.1) is 5.92 Å². The van der Waals surface area contributed by atoms with E-state index < -0.39 is 0 Å². The Labute approximate surface area is 71.7 Å². The summed E-state index contributed by atoms with van der Waals surface area (Å²) in [6, 6.07) is 10.6. The van der Waals surface area contributed by atoms with Gasteiger partial charge >= 0.3 is 0 Å². The van der Waals surface area contributed by atoms with E-state index in [1.165, 1.54) is 19.4 Å². The summed E-state index contributed by atoms with van der Waals surface area (Å²) < 4.78 is 5.75. The first kappa shape index (κ1) is 8.32. The molecule has 0 aliphatic rings. The van der Waals surface area contributed by atoms with Gasteiger partial charge in [0.2, 0.25) is 0 Å². The van der Waals surface area contributed by atoms with E-state index >= 15 is 0 Å². The third kappa shape index (κ3) is 3.82. The molecule has 1 aromatic carbocycles. The van der Waals surface area contributed by atoms with Crippen molar-refractivity contribution in [1.29, 1.82) is 0 Å². The SMILES string of the molecule is CC(C)Cc1ccccc1.[2H]C. The molecule has 62 valence electrons. The molecule has 0 amide bonds. The lowest BCUT2D eigenvalue weighted by Crippen LogP contribution is -1.92. The van der Waals surface area contributed by atoms with Gasteiger partial charge in [-0.1, -0.05) is 51.6 Å². The highest BCUT2D eigenvalue weighted by molar-refractivity contribution is 5.14. The second-order valence-electron chi connectivity index (χ2n) is 3.08. The molecule has 0 N–H and O–H groups in total. The highest BCUT2D eigenvalue weighted by Gasteiger charge is 1.94. The van der Waals surface area contributed by atoms with Crippen LogP contribution in [0.15, 0.2) is 30.3 Å². The van der Waals surface area contributed by atoms with Crippen molar-refractivity contribution >= 4 is 0 Å². The van der Waals surface area contributed by atoms with Crippen LogP contribution in [0.5, 0.6) is 0 Å². The molecular weight excluding hydrogens is 132 g/mol. The van der Waals surface area contributed by atoms with Crippen molar-refractivity contribution in [2.45, 2.75) is 27.7 Å². The molecule has 0 aliphatic carbocycles. The minimum Gasteiger partial charge on any atom is -0.0776 e. The van der Waals surface area contributed by atoms with Crippen LogP contribution in [0.4, 0.5) is 0 Å². The van der Waals surface area contributed by atoms with Crippen molar-refractivity contribution < 1.29 is 1.37 Å². The normalized spacial score (nSPS) is 10.0. The van der Waals surface area contributed by atoms with Crippen molar-refractivity contribution in [3.63, 3.8) is 0 Å². The molecule has 1 rings (SSSR count). The molecule has 0 bridgehead atoms. The standard InChI is InChI=1S/C10H14.CH4/c1-9(2)8-10-6-4-3-5-7-10;/h3-7,9H,8H2,1-2H3;1H4/i;1D. The Bertz CT molecular complexity index is 179. The van der Waals surface area contributed by atoms with Gasteiger partial charge in [0.1, 0.15) is 0 Å². The van der Waals surface area contributed by atoms with Crippen molar-refractivity contribution in [2.75, 3.05) is 0 Å². The van der Waals surface area contributed by atoms with Gasteiger partial charge < -0.3 is 0 Å². The first-order valence-corrected chi connectivity index (χ1v) is 3.83. The number of benzene rings is 1. The Balaban J connectivity index is 0.000000561. The second kappa shape index (κ2) is 4.95. The van der Waals surface area contributed by atoms with Gasteiger partial charge in [-0.15, -0.1) is 0 Å². The predicted molar refractivity (Wildman–Crippen MR) is 51.7 cm³/mol. The van der Waals surface area contributed by atoms with Gasteiger partial charge in [0, 0.05) is 1.37 Å². The number of hydrogen-bond donors (Lipinski definition) is 0. The van der Waals surface area contributed by atoms with Gasteiger partial charge in [-0.2, -0.15) is 0 Å². The van der Waals surface area contributed by atoms with Crippen LogP contribution in [0.2, 0.25) is 0 Å². The van der Waals surface area contributed by atoms with Crippen molar-refractivity contribution in [3.8, 4) is 0 Å². The molecule has 0 heteroatoms. The van der Waals surface area contributed by atoms with E-state index in [0.29, 0.717) is 0 Å². The van der Waals surface area contributed by atoms with Gasteiger partial charge in [-0.3, -0.25) is 0 Å². The van der Waals surface area contributed by atoms with E-state index in [4.69, 9.17) is 1.37 Å². The Morgan fingerprint density at radius 2 is 1.82 bits per heavy atom. The van der Waals surface area contributed by atoms with Crippen LogP contribution in [0.1, 0.15) is 28.2 Å². The largest absolute Gasteiger partial charge is 0.0776 e. The van der Waals surface area contributed by atoms with Crippen LogP contribution in [0.3, 0.4) is 0 Å². The number of hydrogen-bond acceptors (Lipinski definition) is 0. The Morgan fingerprint density at radius 1 is 1.27 bits per heavy atom. The fourth-order valence-corrected chi connectivity index (χ4v) is 1.09. The highest BCUT2D eigenvalue weighted by Crippen LogP contribution is 2.05. The van der Waals surface area contributed by atoms with Gasteiger partial charge in [0.25, 0.3) is 0 Å². The molecule has 0 fully saturated rings. The average molecular weight is 151 g/mol. The summed E-state index contributed by atoms with van der Waals surface area (Å²) in [6.07, 6.45) is 1.20. The Hall–Kier alpha value is -0.780. The lowest BCUT2D eigenvalue weighted by Gasteiger charge is -2.02. The van der Waals surface area contributed by atoms with E-state index in [9.17, 15) is 0 Å². The highest BCUT2D eigenvalue weighted by atomic mass is 14.0. The Kier molecular flexibility index (Phi) is 3.74. The average Bonchev–Trinajstić information content (AvgIpc) is 2.08. The minimum absolute atomic E-state index is 0.766. The smallest absolute Gasteiger partial charge is 0.0194 e. The van der Waals surface area contributed by atoms with Gasteiger partial charge in [-0.25, -0.2) is 0 Å². The second-order valence-corrected chi connectivity index (χ2v) is 3.08. The van der Waals surface area contributed by atoms with E-state index in [1.807, 2.05) is 0 Å². The summed E-state index contributed by atoms with van der Waals surface area (Å²) in [5, 5.41) is 0. The van der Waals surface area contributed by atoms with E-state index in [2.05, 4.69) is 44.2 Å².